The van der Waals surface area contributed by atoms with Crippen molar-refractivity contribution in [2.75, 3.05) is 32.7 Å². The molecular weight excluding hydrogens is 192 g/mol. The van der Waals surface area contributed by atoms with Gasteiger partial charge in [-0.1, -0.05) is 0 Å². The molecule has 3 heteroatoms. The lowest BCUT2D eigenvalue weighted by atomic mass is 10.2. The van der Waals surface area contributed by atoms with Crippen molar-refractivity contribution in [3.8, 4) is 0 Å². The molecule has 0 atom stereocenters. The van der Waals surface area contributed by atoms with E-state index in [9.17, 15) is 0 Å². The number of rotatable bonds is 3. The molecule has 2 heterocycles. The van der Waals surface area contributed by atoms with Crippen LogP contribution in [0.4, 0.5) is 0 Å². The highest BCUT2D eigenvalue weighted by atomic mass is 32.1. The zero-order chi connectivity index (χ0) is 9.80. The summed E-state index contributed by atoms with van der Waals surface area (Å²) in [6, 6.07) is 2.27. The van der Waals surface area contributed by atoms with E-state index >= 15 is 0 Å². The number of hydrogen-bond acceptors (Lipinski definition) is 3. The Morgan fingerprint density at radius 1 is 1.43 bits per heavy atom. The number of piperazine rings is 1. The summed E-state index contributed by atoms with van der Waals surface area (Å²) in [4.78, 5) is 4.04. The van der Waals surface area contributed by atoms with Gasteiger partial charge in [0.15, 0.2) is 0 Å². The lowest BCUT2D eigenvalue weighted by molar-refractivity contribution is 0.244. The van der Waals surface area contributed by atoms with Crippen LogP contribution in [0.5, 0.6) is 0 Å². The van der Waals surface area contributed by atoms with Crippen molar-refractivity contribution in [2.45, 2.75) is 13.3 Å². The van der Waals surface area contributed by atoms with Gasteiger partial charge in [0.25, 0.3) is 0 Å². The fourth-order valence-corrected chi connectivity index (χ4v) is 2.64. The Bertz CT molecular complexity index is 277. The monoisotopic (exact) mass is 210 g/mol. The van der Waals surface area contributed by atoms with Crippen molar-refractivity contribution in [1.82, 2.24) is 10.2 Å². The van der Waals surface area contributed by atoms with E-state index in [0.717, 1.165) is 13.1 Å². The average molecular weight is 210 g/mol. The largest absolute Gasteiger partial charge is 0.314 e. The Hall–Kier alpha value is -0.380. The summed E-state index contributed by atoms with van der Waals surface area (Å²) >= 11 is 1.86. The Balaban J connectivity index is 1.79. The van der Waals surface area contributed by atoms with E-state index in [4.69, 9.17) is 0 Å². The van der Waals surface area contributed by atoms with Gasteiger partial charge in [0.1, 0.15) is 0 Å². The van der Waals surface area contributed by atoms with Gasteiger partial charge in [-0.3, -0.25) is 0 Å². The summed E-state index contributed by atoms with van der Waals surface area (Å²) in [6.45, 7) is 8.18. The molecule has 2 nitrogen and oxygen atoms in total. The normalized spacial score (nSPS) is 18.6. The maximum atomic E-state index is 3.38. The van der Waals surface area contributed by atoms with E-state index in [1.807, 2.05) is 11.3 Å². The predicted molar refractivity (Wildman–Crippen MR) is 62.1 cm³/mol. The summed E-state index contributed by atoms with van der Waals surface area (Å²) < 4.78 is 0. The zero-order valence-corrected chi connectivity index (χ0v) is 9.57. The van der Waals surface area contributed by atoms with Crippen LogP contribution in [-0.2, 0) is 6.42 Å². The molecule has 1 fully saturated rings. The Morgan fingerprint density at radius 3 is 2.86 bits per heavy atom. The number of hydrogen-bond donors (Lipinski definition) is 1. The van der Waals surface area contributed by atoms with Gasteiger partial charge in [-0.05, 0) is 30.4 Å². The first kappa shape index (κ1) is 10.1. The number of nitrogens with one attached hydrogen (secondary N) is 1. The topological polar surface area (TPSA) is 15.3 Å². The number of aryl methyl sites for hydroxylation is 1. The molecule has 0 unspecified atom stereocenters. The third-order valence-electron chi connectivity index (χ3n) is 2.87. The molecule has 1 saturated heterocycles. The summed E-state index contributed by atoms with van der Waals surface area (Å²) in [7, 11) is 0. The highest BCUT2D eigenvalue weighted by Gasteiger charge is 2.09. The summed E-state index contributed by atoms with van der Waals surface area (Å²) in [6.07, 6.45) is 1.22. The van der Waals surface area contributed by atoms with Gasteiger partial charge < -0.3 is 10.2 Å². The molecule has 2 rings (SSSR count). The molecule has 78 valence electrons. The summed E-state index contributed by atoms with van der Waals surface area (Å²) in [5.41, 5.74) is 1.54. The molecule has 1 aliphatic rings. The SMILES string of the molecule is Cc1sccc1CCN1CCNCC1. The van der Waals surface area contributed by atoms with E-state index in [1.54, 1.807) is 0 Å². The smallest absolute Gasteiger partial charge is 0.0108 e. The molecule has 0 aliphatic carbocycles. The fraction of sp³-hybridized carbons (Fsp3) is 0.636. The Morgan fingerprint density at radius 2 is 2.21 bits per heavy atom. The molecule has 0 radical (unpaired) electrons. The highest BCUT2D eigenvalue weighted by molar-refractivity contribution is 7.10. The van der Waals surface area contributed by atoms with Gasteiger partial charge in [0.05, 0.1) is 0 Å². The number of nitrogens with zero attached hydrogens (tertiary/aromatic N) is 1. The molecule has 1 aliphatic heterocycles. The minimum Gasteiger partial charge on any atom is -0.314 e. The van der Waals surface area contributed by atoms with E-state index in [2.05, 4.69) is 28.6 Å². The van der Waals surface area contributed by atoms with Crippen molar-refractivity contribution in [1.29, 1.82) is 0 Å². The van der Waals surface area contributed by atoms with Gasteiger partial charge in [-0.2, -0.15) is 0 Å². The molecule has 0 bridgehead atoms. The van der Waals surface area contributed by atoms with Crippen LogP contribution in [0.25, 0.3) is 0 Å². The van der Waals surface area contributed by atoms with Crippen molar-refractivity contribution in [3.63, 3.8) is 0 Å². The summed E-state index contributed by atoms with van der Waals surface area (Å²) in [5.74, 6) is 0. The first-order valence-corrected chi connectivity index (χ1v) is 6.20. The van der Waals surface area contributed by atoms with E-state index in [1.165, 1.54) is 36.5 Å². The molecule has 0 amide bonds. The van der Waals surface area contributed by atoms with Crippen LogP contribution in [-0.4, -0.2) is 37.6 Å². The standard InChI is InChI=1S/C11H18N2S/c1-10-11(3-9-14-10)2-6-13-7-4-12-5-8-13/h3,9,12H,2,4-8H2,1H3. The van der Waals surface area contributed by atoms with Crippen molar-refractivity contribution >= 4 is 11.3 Å². The van der Waals surface area contributed by atoms with Crippen molar-refractivity contribution < 1.29 is 0 Å². The lowest BCUT2D eigenvalue weighted by Gasteiger charge is -2.27. The van der Waals surface area contributed by atoms with Crippen LogP contribution in [0.2, 0.25) is 0 Å². The summed E-state index contributed by atoms with van der Waals surface area (Å²) in [5, 5.41) is 5.58. The van der Waals surface area contributed by atoms with Crippen LogP contribution in [0.1, 0.15) is 10.4 Å². The van der Waals surface area contributed by atoms with Gasteiger partial charge in [-0.15, -0.1) is 11.3 Å². The highest BCUT2D eigenvalue weighted by Crippen LogP contribution is 2.15. The molecule has 14 heavy (non-hydrogen) atoms. The first-order valence-electron chi connectivity index (χ1n) is 5.32. The fourth-order valence-electron chi connectivity index (χ4n) is 1.88. The average Bonchev–Trinajstić information content (AvgIpc) is 2.63. The van der Waals surface area contributed by atoms with Crippen molar-refractivity contribution in [3.05, 3.63) is 21.9 Å². The Kier molecular flexibility index (Phi) is 3.56. The minimum atomic E-state index is 1.16. The third kappa shape index (κ3) is 2.56. The van der Waals surface area contributed by atoms with E-state index in [-0.39, 0.29) is 0 Å². The second-order valence-electron chi connectivity index (χ2n) is 3.84. The molecule has 0 aromatic carbocycles. The molecule has 0 saturated carbocycles. The first-order chi connectivity index (χ1) is 6.86. The molecule has 1 N–H and O–H groups in total. The van der Waals surface area contributed by atoms with E-state index in [0.29, 0.717) is 0 Å². The molecule has 1 aromatic rings. The maximum absolute atomic E-state index is 3.38. The quantitative estimate of drug-likeness (QED) is 0.813. The van der Waals surface area contributed by atoms with Gasteiger partial charge >= 0.3 is 0 Å². The second kappa shape index (κ2) is 4.91. The van der Waals surface area contributed by atoms with Crippen LogP contribution < -0.4 is 5.32 Å². The van der Waals surface area contributed by atoms with Gasteiger partial charge in [0, 0.05) is 37.6 Å². The van der Waals surface area contributed by atoms with Crippen molar-refractivity contribution in [2.24, 2.45) is 0 Å². The second-order valence-corrected chi connectivity index (χ2v) is 4.96. The predicted octanol–water partition coefficient (Wildman–Crippen LogP) is 1.50. The maximum Gasteiger partial charge on any atom is 0.0108 e. The zero-order valence-electron chi connectivity index (χ0n) is 8.75. The van der Waals surface area contributed by atoms with Gasteiger partial charge in [-0.25, -0.2) is 0 Å². The molecular formula is C11H18N2S. The lowest BCUT2D eigenvalue weighted by Crippen LogP contribution is -2.44. The van der Waals surface area contributed by atoms with Gasteiger partial charge in [0.2, 0.25) is 0 Å². The van der Waals surface area contributed by atoms with Crippen LogP contribution in [0.3, 0.4) is 0 Å². The van der Waals surface area contributed by atoms with Crippen LogP contribution in [0, 0.1) is 6.92 Å². The molecule has 0 spiro atoms. The Labute approximate surface area is 89.9 Å². The number of thiophene rings is 1. The van der Waals surface area contributed by atoms with Crippen LogP contribution >= 0.6 is 11.3 Å². The third-order valence-corrected chi connectivity index (χ3v) is 3.76. The van der Waals surface area contributed by atoms with Crippen LogP contribution in [0.15, 0.2) is 11.4 Å². The molecule has 1 aromatic heterocycles. The minimum absolute atomic E-state index is 1.16. The van der Waals surface area contributed by atoms with E-state index < -0.39 is 0 Å².